The minimum absolute atomic E-state index is 0.198. The third-order valence-corrected chi connectivity index (χ3v) is 2.24. The van der Waals surface area contributed by atoms with Gasteiger partial charge in [-0.3, -0.25) is 5.43 Å². The Bertz CT molecular complexity index is 506. The number of benzene rings is 1. The van der Waals surface area contributed by atoms with Gasteiger partial charge in [0.1, 0.15) is 17.9 Å². The van der Waals surface area contributed by atoms with Crippen LogP contribution in [-0.2, 0) is 6.42 Å². The van der Waals surface area contributed by atoms with Gasteiger partial charge >= 0.3 is 0 Å². The van der Waals surface area contributed by atoms with Crippen LogP contribution in [0, 0.1) is 22.7 Å². The average Bonchev–Trinajstić information content (AvgIpc) is 2.79. The molecule has 1 N–H and O–H groups in total. The van der Waals surface area contributed by atoms with Crippen molar-refractivity contribution in [1.82, 2.24) is 0 Å². The van der Waals surface area contributed by atoms with Crippen LogP contribution in [0.25, 0.3) is 0 Å². The molecule has 0 saturated heterocycles. The fourth-order valence-electron chi connectivity index (χ4n) is 1.52. The second kappa shape index (κ2) is 4.33. The van der Waals surface area contributed by atoms with E-state index in [0.717, 1.165) is 23.4 Å². The maximum atomic E-state index is 8.53. The third-order valence-electron chi connectivity index (χ3n) is 2.24. The smallest absolute Gasteiger partial charge is 0.237 e. The van der Waals surface area contributed by atoms with E-state index in [9.17, 15) is 0 Å². The summed E-state index contributed by atoms with van der Waals surface area (Å²) in [7, 11) is 0. The maximum absolute atomic E-state index is 8.53. The van der Waals surface area contributed by atoms with Crippen molar-refractivity contribution in [3.05, 3.63) is 23.8 Å². The molecule has 5 nitrogen and oxygen atoms in total. The van der Waals surface area contributed by atoms with E-state index in [-0.39, 0.29) is 5.71 Å². The van der Waals surface area contributed by atoms with Gasteiger partial charge in [0.05, 0.1) is 12.3 Å². The molecular formula is C11H8N4O. The van der Waals surface area contributed by atoms with Gasteiger partial charge in [-0.1, -0.05) is 6.07 Å². The molecular weight excluding hydrogens is 204 g/mol. The normalized spacial score (nSPS) is 11.6. The summed E-state index contributed by atoms with van der Waals surface area (Å²) in [5.74, 6) is 0.829. The molecule has 1 aromatic carbocycles. The molecule has 0 fully saturated rings. The lowest BCUT2D eigenvalue weighted by molar-refractivity contribution is 0.357. The van der Waals surface area contributed by atoms with Crippen molar-refractivity contribution in [2.75, 3.05) is 12.0 Å². The van der Waals surface area contributed by atoms with Gasteiger partial charge < -0.3 is 4.74 Å². The zero-order chi connectivity index (χ0) is 11.4. The van der Waals surface area contributed by atoms with Crippen LogP contribution in [0.5, 0.6) is 5.75 Å². The lowest BCUT2D eigenvalue weighted by Crippen LogP contribution is -1.98. The molecule has 1 aliphatic rings. The monoisotopic (exact) mass is 212 g/mol. The number of ether oxygens (including phenoxy) is 1. The quantitative estimate of drug-likeness (QED) is 0.594. The highest BCUT2D eigenvalue weighted by Gasteiger charge is 2.15. The first-order valence-electron chi connectivity index (χ1n) is 4.73. The molecule has 0 unspecified atom stereocenters. The van der Waals surface area contributed by atoms with Crippen molar-refractivity contribution in [2.24, 2.45) is 5.10 Å². The van der Waals surface area contributed by atoms with Crippen LogP contribution in [-0.4, -0.2) is 12.3 Å². The van der Waals surface area contributed by atoms with Gasteiger partial charge in [-0.25, -0.2) is 0 Å². The van der Waals surface area contributed by atoms with Crippen LogP contribution >= 0.6 is 0 Å². The molecule has 16 heavy (non-hydrogen) atoms. The summed E-state index contributed by atoms with van der Waals surface area (Å²) in [4.78, 5) is 0. The highest BCUT2D eigenvalue weighted by atomic mass is 16.5. The van der Waals surface area contributed by atoms with Gasteiger partial charge in [0.25, 0.3) is 0 Å². The van der Waals surface area contributed by atoms with Gasteiger partial charge in [-0.05, 0) is 12.1 Å². The molecule has 1 aromatic rings. The van der Waals surface area contributed by atoms with Crippen LogP contribution in [0.4, 0.5) is 5.69 Å². The zero-order valence-electron chi connectivity index (χ0n) is 8.40. The van der Waals surface area contributed by atoms with Crippen molar-refractivity contribution in [2.45, 2.75) is 6.42 Å². The van der Waals surface area contributed by atoms with E-state index in [4.69, 9.17) is 15.3 Å². The van der Waals surface area contributed by atoms with Crippen LogP contribution < -0.4 is 10.2 Å². The molecule has 5 heteroatoms. The summed E-state index contributed by atoms with van der Waals surface area (Å²) in [6.45, 7) is 0.654. The summed E-state index contributed by atoms with van der Waals surface area (Å²) in [6, 6.07) is 8.92. The Hall–Kier alpha value is -2.53. The van der Waals surface area contributed by atoms with Crippen molar-refractivity contribution < 1.29 is 4.74 Å². The molecule has 0 aliphatic carbocycles. The number of hydrazone groups is 1. The third kappa shape index (κ3) is 1.79. The Labute approximate surface area is 92.6 Å². The first-order valence-corrected chi connectivity index (χ1v) is 4.73. The molecule has 2 rings (SSSR count). The second-order valence-corrected chi connectivity index (χ2v) is 3.18. The molecule has 1 aliphatic heterocycles. The predicted octanol–water partition coefficient (Wildman–Crippen LogP) is 1.44. The first-order chi connectivity index (χ1) is 7.85. The Morgan fingerprint density at radius 1 is 1.38 bits per heavy atom. The van der Waals surface area contributed by atoms with E-state index in [0.29, 0.717) is 6.61 Å². The van der Waals surface area contributed by atoms with E-state index in [2.05, 4.69) is 10.5 Å². The summed E-state index contributed by atoms with van der Waals surface area (Å²) in [5, 5.41) is 20.8. The fourth-order valence-corrected chi connectivity index (χ4v) is 1.52. The lowest BCUT2D eigenvalue weighted by atomic mass is 10.1. The number of hydrogen-bond donors (Lipinski definition) is 1. The molecule has 0 amide bonds. The first kappa shape index (κ1) is 10.0. The zero-order valence-corrected chi connectivity index (χ0v) is 8.40. The summed E-state index contributed by atoms with van der Waals surface area (Å²) >= 11 is 0. The minimum Gasteiger partial charge on any atom is -0.493 e. The Morgan fingerprint density at radius 3 is 2.94 bits per heavy atom. The topological polar surface area (TPSA) is 81.2 Å². The van der Waals surface area contributed by atoms with E-state index < -0.39 is 0 Å². The average molecular weight is 212 g/mol. The standard InChI is InChI=1S/C11H8N4O/c12-6-8(7-13)14-15-10-2-1-3-11-9(10)4-5-16-11/h1-3,15H,4-5H2. The molecule has 0 radical (unpaired) electrons. The van der Waals surface area contributed by atoms with Crippen molar-refractivity contribution >= 4 is 11.4 Å². The molecule has 78 valence electrons. The molecule has 0 aromatic heterocycles. The molecule has 0 atom stereocenters. The van der Waals surface area contributed by atoms with Crippen LogP contribution in [0.3, 0.4) is 0 Å². The van der Waals surface area contributed by atoms with E-state index in [1.54, 1.807) is 12.1 Å². The SMILES string of the molecule is N#CC(C#N)=NNc1cccc2c1CCO2. The number of nitriles is 2. The van der Waals surface area contributed by atoms with Crippen molar-refractivity contribution in [3.8, 4) is 17.9 Å². The fraction of sp³-hybridized carbons (Fsp3) is 0.182. The van der Waals surface area contributed by atoms with Crippen molar-refractivity contribution in [1.29, 1.82) is 10.5 Å². The van der Waals surface area contributed by atoms with Gasteiger partial charge in [-0.2, -0.15) is 15.6 Å². The number of hydrogen-bond acceptors (Lipinski definition) is 5. The largest absolute Gasteiger partial charge is 0.493 e. The minimum atomic E-state index is -0.198. The Kier molecular flexibility index (Phi) is 2.71. The van der Waals surface area contributed by atoms with Gasteiger partial charge in [0, 0.05) is 12.0 Å². The van der Waals surface area contributed by atoms with Crippen LogP contribution in [0.15, 0.2) is 23.3 Å². The number of nitrogens with zero attached hydrogens (tertiary/aromatic N) is 3. The summed E-state index contributed by atoms with van der Waals surface area (Å²) in [5.41, 5.74) is 4.32. The number of anilines is 1. The van der Waals surface area contributed by atoms with Crippen LogP contribution in [0.1, 0.15) is 5.56 Å². The Morgan fingerprint density at radius 2 is 2.19 bits per heavy atom. The van der Waals surface area contributed by atoms with E-state index in [1.165, 1.54) is 0 Å². The molecule has 0 spiro atoms. The number of nitrogens with one attached hydrogen (secondary N) is 1. The predicted molar refractivity (Wildman–Crippen MR) is 57.9 cm³/mol. The van der Waals surface area contributed by atoms with Gasteiger partial charge in [0.2, 0.25) is 5.71 Å². The lowest BCUT2D eigenvalue weighted by Gasteiger charge is -2.04. The molecule has 0 bridgehead atoms. The number of fused-ring (bicyclic) bond motifs is 1. The summed E-state index contributed by atoms with van der Waals surface area (Å²) < 4.78 is 5.38. The van der Waals surface area contributed by atoms with Crippen molar-refractivity contribution in [3.63, 3.8) is 0 Å². The van der Waals surface area contributed by atoms with Gasteiger partial charge in [0.15, 0.2) is 0 Å². The van der Waals surface area contributed by atoms with Crippen LogP contribution in [0.2, 0.25) is 0 Å². The second-order valence-electron chi connectivity index (χ2n) is 3.18. The van der Waals surface area contributed by atoms with E-state index >= 15 is 0 Å². The molecule has 0 saturated carbocycles. The highest BCUT2D eigenvalue weighted by molar-refractivity contribution is 6.10. The van der Waals surface area contributed by atoms with Gasteiger partial charge in [-0.15, -0.1) is 0 Å². The van der Waals surface area contributed by atoms with E-state index in [1.807, 2.05) is 18.2 Å². The maximum Gasteiger partial charge on any atom is 0.237 e. The Balaban J connectivity index is 2.25. The summed E-state index contributed by atoms with van der Waals surface area (Å²) in [6.07, 6.45) is 0.808. The number of rotatable bonds is 2. The highest BCUT2D eigenvalue weighted by Crippen LogP contribution is 2.31. The molecule has 1 heterocycles.